The van der Waals surface area contributed by atoms with Crippen molar-refractivity contribution in [3.63, 3.8) is 0 Å². The molecule has 0 N–H and O–H groups in total. The van der Waals surface area contributed by atoms with Gasteiger partial charge in [-0.15, -0.1) is 54.6 Å². The molecule has 0 aliphatic rings. The summed E-state index contributed by atoms with van der Waals surface area (Å²) < 4.78 is 6.54. The molecule has 0 aliphatic heterocycles. The largest absolute Gasteiger partial charge is 0.457 e. The Labute approximate surface area is 509 Å². The van der Waals surface area contributed by atoms with Crippen molar-refractivity contribution in [2.45, 2.75) is 0 Å². The van der Waals surface area contributed by atoms with Crippen molar-refractivity contribution < 1.29 is 4.42 Å². The van der Waals surface area contributed by atoms with Crippen molar-refractivity contribution in [1.82, 2.24) is 0 Å². The smallest absolute Gasteiger partial charge is 0.128 e. The van der Waals surface area contributed by atoms with Crippen molar-refractivity contribution in [3.05, 3.63) is 0 Å². The third-order valence-corrected chi connectivity index (χ3v) is 16.0. The molecule has 0 amide bonds. The van der Waals surface area contributed by atoms with E-state index in [1.165, 1.54) is 0 Å². The molecule has 11 rings (SSSR count). The van der Waals surface area contributed by atoms with E-state index < -0.39 is 0 Å². The molecule has 81 heavy (non-hydrogen) atoms. The standard InChI is InChI=1S/C50B30O/c51-19-11(32(64)38(70)34(66)15(19)14-20(52)12-8(22(54)31(14)63)9-13(30(62)29(12)61)33(65)44(76)43(75)28(9)60)2-5-3(23(55)39(71)41(73)25(5)57)1(4-6(2)26(58)42(74)40(72)24(4)56)7-10-18-21(53)16-17(36(68)46(78)45(77)35(16)67)37(69)50(18)81-49(10)48(80)47(79)27(7)59. The maximum absolute atomic E-state index is 7.46. The summed E-state index contributed by atoms with van der Waals surface area (Å²) in [6, 6.07) is 0. The first-order valence-corrected chi connectivity index (χ1v) is 23.8. The highest BCUT2D eigenvalue weighted by atomic mass is 16.3. The third kappa shape index (κ3) is 7.30. The van der Waals surface area contributed by atoms with E-state index in [0.29, 0.717) is 0 Å². The second kappa shape index (κ2) is 19.4. The van der Waals surface area contributed by atoms with E-state index in [1.807, 2.05) is 0 Å². The Morgan fingerprint density at radius 1 is 0.111 bits per heavy atom. The zero-order valence-corrected chi connectivity index (χ0v) is 42.7. The van der Waals surface area contributed by atoms with Crippen LogP contribution in [0.15, 0.2) is 4.42 Å². The van der Waals surface area contributed by atoms with Gasteiger partial charge in [0.25, 0.3) is 0 Å². The molecule has 0 aliphatic carbocycles. The quantitative estimate of drug-likeness (QED) is 0.0977. The highest BCUT2D eigenvalue weighted by Gasteiger charge is 2.32. The Morgan fingerprint density at radius 3 is 0.741 bits per heavy atom. The minimum Gasteiger partial charge on any atom is -0.457 e. The lowest BCUT2D eigenvalue weighted by atomic mass is 9.55. The molecule has 11 aromatic rings. The number of furan rings is 1. The minimum atomic E-state index is -0.298. The summed E-state index contributed by atoms with van der Waals surface area (Å²) in [6.07, 6.45) is 0. The van der Waals surface area contributed by atoms with Crippen LogP contribution < -0.4 is 164 Å². The van der Waals surface area contributed by atoms with Gasteiger partial charge < -0.3 is 4.42 Å². The number of hydrogen-bond acceptors (Lipinski definition) is 1. The highest BCUT2D eigenvalue weighted by molar-refractivity contribution is 6.79. The molecule has 1 heterocycles. The van der Waals surface area contributed by atoms with Crippen molar-refractivity contribution in [3.8, 4) is 33.4 Å². The molecule has 0 fully saturated rings. The zero-order chi connectivity index (χ0) is 59.6. The van der Waals surface area contributed by atoms with E-state index in [9.17, 15) is 0 Å². The van der Waals surface area contributed by atoms with E-state index in [4.69, 9.17) is 240 Å². The van der Waals surface area contributed by atoms with Gasteiger partial charge in [-0.3, -0.25) is 0 Å². The normalized spacial score (nSPS) is 12.0. The molecule has 0 atom stereocenters. The number of hydrogen-bond donors (Lipinski definition) is 0. The molecule has 0 bridgehead atoms. The second-order valence-electron chi connectivity index (χ2n) is 19.9. The van der Waals surface area contributed by atoms with Gasteiger partial charge in [0.1, 0.15) is 247 Å². The summed E-state index contributed by atoms with van der Waals surface area (Å²) in [6.45, 7) is 0. The first kappa shape index (κ1) is 58.0. The van der Waals surface area contributed by atoms with Crippen LogP contribution in [0.2, 0.25) is 0 Å². The SMILES string of the molecule is [B]c1c([B])c(-c2c([B])c([B])c3c(c2[B])c([B])c([B])c2c([B])c([B])c([B])c([B])c23)c([B])c(-c2c3c([B])c([B])c([B])c([B])c3c(-c3c([B])c([B])c([B])c4oc5c([B])c6c([B])c([B])c([B])c([B])c6c([B])c5c34)c3c([B])c([B])c([B])c([B])c23)c1[B]. The van der Waals surface area contributed by atoms with Gasteiger partial charge in [0.15, 0.2) is 0 Å². The van der Waals surface area contributed by atoms with E-state index in [1.54, 1.807) is 0 Å². The average Bonchev–Trinajstić information content (AvgIpc) is 4.08. The van der Waals surface area contributed by atoms with Gasteiger partial charge in [-0.1, -0.05) is 104 Å². The molecule has 0 saturated heterocycles. The van der Waals surface area contributed by atoms with Crippen LogP contribution in [-0.4, -0.2) is 235 Å². The Hall–Kier alpha value is -4.75. The molecule has 0 spiro atoms. The van der Waals surface area contributed by atoms with E-state index in [2.05, 4.69) is 0 Å². The van der Waals surface area contributed by atoms with Gasteiger partial charge in [0.2, 0.25) is 0 Å². The fourth-order valence-corrected chi connectivity index (χ4v) is 11.8. The predicted molar refractivity (Wildman–Crippen MR) is 379 cm³/mol. The molecule has 10 aromatic carbocycles. The third-order valence-electron chi connectivity index (χ3n) is 16.0. The average molecular weight is 941 g/mol. The summed E-state index contributed by atoms with van der Waals surface area (Å²) in [4.78, 5) is 0. The van der Waals surface area contributed by atoms with Crippen LogP contribution in [0.4, 0.5) is 0 Å². The zero-order valence-electron chi connectivity index (χ0n) is 42.7. The number of benzene rings is 10. The summed E-state index contributed by atoms with van der Waals surface area (Å²) in [5.74, 6) is 0. The van der Waals surface area contributed by atoms with Crippen LogP contribution in [0, 0.1) is 0 Å². The fourth-order valence-electron chi connectivity index (χ4n) is 11.8. The Balaban J connectivity index is 1.41. The molecule has 31 heteroatoms. The molecule has 1 nitrogen and oxygen atoms in total. The van der Waals surface area contributed by atoms with E-state index >= 15 is 0 Å². The Kier molecular flexibility index (Phi) is 13.9. The van der Waals surface area contributed by atoms with Gasteiger partial charge in [0, 0.05) is 10.8 Å². The molecular formula is C50B30O. The number of fused-ring (bicyclic) bond motifs is 9. The summed E-state index contributed by atoms with van der Waals surface area (Å²) in [7, 11) is 206. The first-order valence-electron chi connectivity index (χ1n) is 23.8. The Morgan fingerprint density at radius 2 is 0.333 bits per heavy atom. The monoisotopic (exact) mass is 946 g/mol. The summed E-state index contributed by atoms with van der Waals surface area (Å²) in [5.41, 5.74) is -5.88. The summed E-state index contributed by atoms with van der Waals surface area (Å²) in [5, 5.41) is 0.456. The molecule has 0 saturated carbocycles. The maximum atomic E-state index is 7.46. The maximum Gasteiger partial charge on any atom is 0.128 e. The van der Waals surface area contributed by atoms with Crippen LogP contribution in [-0.2, 0) is 0 Å². The fraction of sp³-hybridized carbons (Fsp3) is 0. The van der Waals surface area contributed by atoms with Gasteiger partial charge >= 0.3 is 0 Å². The first-order chi connectivity index (χ1) is 37.8. The van der Waals surface area contributed by atoms with Crippen LogP contribution in [0.3, 0.4) is 0 Å². The van der Waals surface area contributed by atoms with Crippen LogP contribution in [0.5, 0.6) is 0 Å². The van der Waals surface area contributed by atoms with Crippen LogP contribution in [0.25, 0.3) is 109 Å². The summed E-state index contributed by atoms with van der Waals surface area (Å²) >= 11 is 0. The molecule has 296 valence electrons. The van der Waals surface area contributed by atoms with Crippen molar-refractivity contribution in [2.24, 2.45) is 0 Å². The van der Waals surface area contributed by atoms with Crippen molar-refractivity contribution >= 4 is 475 Å². The lowest BCUT2D eigenvalue weighted by Gasteiger charge is -2.33. The Bertz CT molecular complexity index is 4850. The van der Waals surface area contributed by atoms with Gasteiger partial charge in [0.05, 0.1) is 0 Å². The minimum absolute atomic E-state index is 0.0288. The predicted octanol–water partition coefficient (Wildman–Crippen LogP) is -21.8. The highest BCUT2D eigenvalue weighted by Crippen LogP contribution is 2.43. The van der Waals surface area contributed by atoms with Crippen molar-refractivity contribution in [1.29, 1.82) is 0 Å². The lowest BCUT2D eigenvalue weighted by Crippen LogP contribution is -2.52. The topological polar surface area (TPSA) is 13.1 Å². The van der Waals surface area contributed by atoms with Gasteiger partial charge in [-0.05, 0) is 92.7 Å². The van der Waals surface area contributed by atoms with E-state index in [-0.39, 0.29) is 273 Å². The number of rotatable bonds is 3. The van der Waals surface area contributed by atoms with E-state index in [0.717, 1.165) is 0 Å². The van der Waals surface area contributed by atoms with Crippen LogP contribution >= 0.6 is 0 Å². The lowest BCUT2D eigenvalue weighted by molar-refractivity contribution is 0.675. The molecular weight excluding hydrogens is 941 g/mol. The molecule has 1 aromatic heterocycles. The van der Waals surface area contributed by atoms with Gasteiger partial charge in [-0.25, -0.2) is 0 Å². The molecule has 0 unspecified atom stereocenters. The van der Waals surface area contributed by atoms with Crippen LogP contribution in [0.1, 0.15) is 0 Å². The second-order valence-corrected chi connectivity index (χ2v) is 19.9. The van der Waals surface area contributed by atoms with Crippen molar-refractivity contribution in [2.75, 3.05) is 0 Å². The molecule has 60 radical (unpaired) electrons. The van der Waals surface area contributed by atoms with Gasteiger partial charge in [-0.2, -0.15) is 0 Å².